The molecule has 118 valence electrons. The molecule has 0 radical (unpaired) electrons. The Balaban J connectivity index is 2.55. The van der Waals surface area contributed by atoms with Crippen molar-refractivity contribution in [2.75, 3.05) is 7.11 Å². The lowest BCUT2D eigenvalue weighted by atomic mass is 9.90. The van der Waals surface area contributed by atoms with E-state index in [1.54, 1.807) is 0 Å². The van der Waals surface area contributed by atoms with Gasteiger partial charge in [0, 0.05) is 19.7 Å². The number of allylic oxidation sites excluding steroid dienone is 2. The Morgan fingerprint density at radius 1 is 1.50 bits per heavy atom. The van der Waals surface area contributed by atoms with E-state index in [1.165, 1.54) is 31.5 Å². The van der Waals surface area contributed by atoms with E-state index >= 15 is 0 Å². The molecule has 8 heteroatoms. The number of hydrogen-bond acceptors (Lipinski definition) is 4. The summed E-state index contributed by atoms with van der Waals surface area (Å²) in [7, 11) is 1.43. The predicted octanol–water partition coefficient (Wildman–Crippen LogP) is 2.47. The van der Waals surface area contributed by atoms with Gasteiger partial charge in [0.1, 0.15) is 5.69 Å². The molecule has 1 unspecified atom stereocenters. The lowest BCUT2D eigenvalue weighted by Crippen LogP contribution is -2.20. The van der Waals surface area contributed by atoms with E-state index in [9.17, 15) is 13.2 Å². The van der Waals surface area contributed by atoms with Crippen molar-refractivity contribution < 1.29 is 23.1 Å². The summed E-state index contributed by atoms with van der Waals surface area (Å²) in [5, 5.41) is 11.4. The fraction of sp³-hybridized carbons (Fsp3) is 0.286. The average molecular weight is 313 g/mol. The minimum atomic E-state index is -4.48. The maximum atomic E-state index is 13.2. The lowest BCUT2D eigenvalue weighted by molar-refractivity contribution is -0.0882. The van der Waals surface area contributed by atoms with Gasteiger partial charge in [-0.3, -0.25) is 4.98 Å². The second kappa shape index (κ2) is 6.18. The summed E-state index contributed by atoms with van der Waals surface area (Å²) in [6.07, 6.45) is -1.16. The second-order valence-electron chi connectivity index (χ2n) is 4.64. The number of hydrogen-bond donors (Lipinski definition) is 2. The molecule has 0 saturated heterocycles. The molecule has 0 spiro atoms. The maximum absolute atomic E-state index is 13.2. The predicted molar refractivity (Wildman–Crippen MR) is 74.3 cm³/mol. The van der Waals surface area contributed by atoms with Gasteiger partial charge in [0.2, 0.25) is 0 Å². The van der Waals surface area contributed by atoms with E-state index in [0.717, 1.165) is 6.08 Å². The van der Waals surface area contributed by atoms with Gasteiger partial charge >= 0.3 is 6.18 Å². The Hall–Kier alpha value is -2.35. The molecular weight excluding hydrogens is 299 g/mol. The van der Waals surface area contributed by atoms with Crippen LogP contribution in [0.5, 0.6) is 0 Å². The number of ether oxygens (including phenoxy) is 1. The van der Waals surface area contributed by atoms with Crippen LogP contribution in [0.15, 0.2) is 41.2 Å². The van der Waals surface area contributed by atoms with Crippen molar-refractivity contribution in [1.82, 2.24) is 4.98 Å². The third-order valence-corrected chi connectivity index (χ3v) is 3.29. The van der Waals surface area contributed by atoms with Crippen LogP contribution in [-0.4, -0.2) is 35.4 Å². The summed E-state index contributed by atoms with van der Waals surface area (Å²) in [5.41, 5.74) is 5.16. The summed E-state index contributed by atoms with van der Waals surface area (Å²) in [5.74, 6) is -0.273. The molecule has 1 heterocycles. The molecule has 1 atom stereocenters. The van der Waals surface area contributed by atoms with Crippen LogP contribution in [0.3, 0.4) is 0 Å². The average Bonchev–Trinajstić information content (AvgIpc) is 2.52. The van der Waals surface area contributed by atoms with Gasteiger partial charge < -0.3 is 15.7 Å². The SMILES string of the molecule is COC1C=CC(C(F)(F)F)=C(c2ccnc(/C(N)=N/O)c2)C1. The van der Waals surface area contributed by atoms with Gasteiger partial charge in [-0.1, -0.05) is 17.3 Å². The molecular formula is C14H14F3N3O2. The van der Waals surface area contributed by atoms with Gasteiger partial charge in [0.15, 0.2) is 5.84 Å². The van der Waals surface area contributed by atoms with Crippen LogP contribution in [0.2, 0.25) is 0 Å². The van der Waals surface area contributed by atoms with Crippen molar-refractivity contribution in [1.29, 1.82) is 0 Å². The minimum Gasteiger partial charge on any atom is -0.409 e. The van der Waals surface area contributed by atoms with Crippen LogP contribution in [0.4, 0.5) is 13.2 Å². The molecule has 0 aromatic carbocycles. The molecule has 0 fully saturated rings. The van der Waals surface area contributed by atoms with Crippen LogP contribution >= 0.6 is 0 Å². The molecule has 1 aliphatic rings. The standard InChI is InChI=1S/C14H14F3N3O2/c1-22-9-2-3-11(14(15,16)17)10(7-9)8-4-5-19-12(6-8)13(18)20-21/h2-6,9,21H,7H2,1H3,(H2,18,20). The van der Waals surface area contributed by atoms with Gasteiger partial charge in [-0.15, -0.1) is 0 Å². The van der Waals surface area contributed by atoms with E-state index < -0.39 is 17.9 Å². The number of alkyl halides is 3. The normalized spacial score (nSPS) is 19.6. The van der Waals surface area contributed by atoms with Crippen molar-refractivity contribution in [3.8, 4) is 0 Å². The first-order valence-corrected chi connectivity index (χ1v) is 6.32. The van der Waals surface area contributed by atoms with Gasteiger partial charge in [-0.2, -0.15) is 13.2 Å². The van der Waals surface area contributed by atoms with Crippen molar-refractivity contribution >= 4 is 11.4 Å². The summed E-state index contributed by atoms with van der Waals surface area (Å²) in [4.78, 5) is 3.86. The van der Waals surface area contributed by atoms with Crippen LogP contribution in [-0.2, 0) is 4.74 Å². The van der Waals surface area contributed by atoms with Gasteiger partial charge in [-0.25, -0.2) is 0 Å². The highest BCUT2D eigenvalue weighted by atomic mass is 19.4. The second-order valence-corrected chi connectivity index (χ2v) is 4.64. The number of halogens is 3. The third-order valence-electron chi connectivity index (χ3n) is 3.29. The van der Waals surface area contributed by atoms with Gasteiger partial charge in [0.05, 0.1) is 11.7 Å². The molecule has 1 aliphatic carbocycles. The number of amidine groups is 1. The molecule has 0 amide bonds. The van der Waals surface area contributed by atoms with Crippen LogP contribution in [0, 0.1) is 0 Å². The van der Waals surface area contributed by atoms with Crippen molar-refractivity contribution in [3.63, 3.8) is 0 Å². The largest absolute Gasteiger partial charge is 0.416 e. The fourth-order valence-corrected chi connectivity index (χ4v) is 2.19. The van der Waals surface area contributed by atoms with E-state index in [0.29, 0.717) is 5.56 Å². The zero-order chi connectivity index (χ0) is 16.3. The highest BCUT2D eigenvalue weighted by Gasteiger charge is 2.37. The third kappa shape index (κ3) is 3.28. The zero-order valence-electron chi connectivity index (χ0n) is 11.6. The summed E-state index contributed by atoms with van der Waals surface area (Å²) in [6, 6.07) is 2.79. The first-order chi connectivity index (χ1) is 10.4. The Labute approximate surface area is 124 Å². The van der Waals surface area contributed by atoms with E-state index in [1.807, 2.05) is 0 Å². The lowest BCUT2D eigenvalue weighted by Gasteiger charge is -2.23. The molecule has 0 bridgehead atoms. The van der Waals surface area contributed by atoms with E-state index in [4.69, 9.17) is 15.7 Å². The fourth-order valence-electron chi connectivity index (χ4n) is 2.19. The van der Waals surface area contributed by atoms with Crippen LogP contribution < -0.4 is 5.73 Å². The van der Waals surface area contributed by atoms with Crippen molar-refractivity contribution in [2.24, 2.45) is 10.9 Å². The molecule has 2 rings (SSSR count). The first-order valence-electron chi connectivity index (χ1n) is 6.32. The number of nitrogens with two attached hydrogens (primary N) is 1. The number of methoxy groups -OCH3 is 1. The van der Waals surface area contributed by atoms with Crippen LogP contribution in [0.1, 0.15) is 17.7 Å². The van der Waals surface area contributed by atoms with Gasteiger partial charge in [0.25, 0.3) is 0 Å². The molecule has 1 aromatic heterocycles. The molecule has 1 aromatic rings. The Kier molecular flexibility index (Phi) is 4.51. The number of nitrogens with zero attached hydrogens (tertiary/aromatic N) is 2. The molecule has 0 saturated carbocycles. The molecule has 5 nitrogen and oxygen atoms in total. The zero-order valence-corrected chi connectivity index (χ0v) is 11.6. The summed E-state index contributed by atoms with van der Waals surface area (Å²) in [6.45, 7) is 0. The smallest absolute Gasteiger partial charge is 0.409 e. The number of pyridine rings is 1. The number of rotatable bonds is 3. The Morgan fingerprint density at radius 3 is 2.82 bits per heavy atom. The highest BCUT2D eigenvalue weighted by molar-refractivity contribution is 5.96. The van der Waals surface area contributed by atoms with Crippen molar-refractivity contribution in [2.45, 2.75) is 18.7 Å². The number of oxime groups is 1. The maximum Gasteiger partial charge on any atom is 0.416 e. The van der Waals surface area contributed by atoms with Crippen LogP contribution in [0.25, 0.3) is 5.57 Å². The first kappa shape index (κ1) is 16.0. The summed E-state index contributed by atoms with van der Waals surface area (Å²) >= 11 is 0. The highest BCUT2D eigenvalue weighted by Crippen LogP contribution is 2.38. The minimum absolute atomic E-state index is 0.0709. The molecule has 22 heavy (non-hydrogen) atoms. The van der Waals surface area contributed by atoms with Crippen molar-refractivity contribution in [3.05, 3.63) is 47.3 Å². The monoisotopic (exact) mass is 313 g/mol. The number of aromatic nitrogens is 1. The topological polar surface area (TPSA) is 80.7 Å². The molecule has 0 aliphatic heterocycles. The quantitative estimate of drug-likeness (QED) is 0.389. The Bertz CT molecular complexity index is 651. The van der Waals surface area contributed by atoms with E-state index in [-0.39, 0.29) is 23.5 Å². The molecule has 3 N–H and O–H groups in total. The Morgan fingerprint density at radius 2 is 2.23 bits per heavy atom. The van der Waals surface area contributed by atoms with Gasteiger partial charge in [-0.05, 0) is 23.3 Å². The van der Waals surface area contributed by atoms with E-state index in [2.05, 4.69) is 10.1 Å². The summed E-state index contributed by atoms with van der Waals surface area (Å²) < 4.78 is 44.6.